The summed E-state index contributed by atoms with van der Waals surface area (Å²) < 4.78 is 10.6. The van der Waals surface area contributed by atoms with Crippen LogP contribution in [0.5, 0.6) is 11.5 Å². The highest BCUT2D eigenvalue weighted by molar-refractivity contribution is 7.09. The average molecular weight is 292 g/mol. The van der Waals surface area contributed by atoms with E-state index in [4.69, 9.17) is 9.47 Å². The second kappa shape index (κ2) is 6.72. The minimum atomic E-state index is 0.181. The van der Waals surface area contributed by atoms with Gasteiger partial charge in [0.25, 0.3) is 0 Å². The molecule has 2 aromatic rings. The Morgan fingerprint density at radius 1 is 1.30 bits per heavy atom. The van der Waals surface area contributed by atoms with Crippen molar-refractivity contribution >= 4 is 11.3 Å². The molecule has 4 nitrogen and oxygen atoms in total. The maximum absolute atomic E-state index is 5.43. The van der Waals surface area contributed by atoms with E-state index in [1.54, 1.807) is 25.6 Å². The molecule has 1 aromatic carbocycles. The highest BCUT2D eigenvalue weighted by Crippen LogP contribution is 2.29. The van der Waals surface area contributed by atoms with Crippen LogP contribution in [0, 0.1) is 6.92 Å². The smallest absolute Gasteiger partial charge is 0.127 e. The lowest BCUT2D eigenvalue weighted by Gasteiger charge is -2.17. The fourth-order valence-corrected chi connectivity index (χ4v) is 2.73. The van der Waals surface area contributed by atoms with Crippen molar-refractivity contribution in [1.82, 2.24) is 10.3 Å². The van der Waals surface area contributed by atoms with Crippen LogP contribution in [0.25, 0.3) is 0 Å². The highest BCUT2D eigenvalue weighted by atomic mass is 32.1. The lowest BCUT2D eigenvalue weighted by Crippen LogP contribution is -2.18. The third-order valence-electron chi connectivity index (χ3n) is 3.13. The van der Waals surface area contributed by atoms with Gasteiger partial charge in [0.2, 0.25) is 0 Å². The zero-order chi connectivity index (χ0) is 14.5. The van der Waals surface area contributed by atoms with Gasteiger partial charge in [0.1, 0.15) is 16.5 Å². The first-order valence-electron chi connectivity index (χ1n) is 6.50. The van der Waals surface area contributed by atoms with Gasteiger partial charge < -0.3 is 14.8 Å². The summed E-state index contributed by atoms with van der Waals surface area (Å²) in [4.78, 5) is 4.45. The van der Waals surface area contributed by atoms with Gasteiger partial charge in [-0.15, -0.1) is 11.3 Å². The van der Waals surface area contributed by atoms with Gasteiger partial charge in [0.15, 0.2) is 0 Å². The Hall–Kier alpha value is -1.59. The fourth-order valence-electron chi connectivity index (χ4n) is 2.01. The summed E-state index contributed by atoms with van der Waals surface area (Å²) in [5, 5.41) is 6.63. The van der Waals surface area contributed by atoms with Crippen LogP contribution in [0.4, 0.5) is 0 Å². The van der Waals surface area contributed by atoms with Crippen LogP contribution in [0.3, 0.4) is 0 Å². The molecule has 1 heterocycles. The third kappa shape index (κ3) is 3.49. The van der Waals surface area contributed by atoms with Crippen LogP contribution >= 0.6 is 11.3 Å². The molecule has 1 atom stereocenters. The van der Waals surface area contributed by atoms with E-state index < -0.39 is 0 Å². The van der Waals surface area contributed by atoms with Crippen molar-refractivity contribution in [2.75, 3.05) is 14.2 Å². The average Bonchev–Trinajstić information content (AvgIpc) is 2.89. The van der Waals surface area contributed by atoms with E-state index in [-0.39, 0.29) is 6.04 Å². The largest absolute Gasteiger partial charge is 0.497 e. The monoisotopic (exact) mass is 292 g/mol. The van der Waals surface area contributed by atoms with Gasteiger partial charge in [-0.1, -0.05) is 6.07 Å². The van der Waals surface area contributed by atoms with Crippen LogP contribution < -0.4 is 14.8 Å². The van der Waals surface area contributed by atoms with Gasteiger partial charge in [-0.3, -0.25) is 0 Å². The number of hydrogen-bond acceptors (Lipinski definition) is 5. The molecule has 108 valence electrons. The van der Waals surface area contributed by atoms with Gasteiger partial charge >= 0.3 is 0 Å². The molecule has 0 aliphatic heterocycles. The Bertz CT molecular complexity index is 569. The molecule has 0 aliphatic rings. The predicted octanol–water partition coefficient (Wildman–Crippen LogP) is 3.32. The zero-order valence-electron chi connectivity index (χ0n) is 12.3. The number of ether oxygens (including phenoxy) is 2. The Labute approximate surface area is 123 Å². The van der Waals surface area contributed by atoms with Gasteiger partial charge in [0.05, 0.1) is 14.2 Å². The van der Waals surface area contributed by atoms with Gasteiger partial charge in [-0.05, 0) is 19.9 Å². The first-order valence-corrected chi connectivity index (χ1v) is 7.38. The molecule has 20 heavy (non-hydrogen) atoms. The lowest BCUT2D eigenvalue weighted by atomic mass is 10.1. The Morgan fingerprint density at radius 2 is 2.10 bits per heavy atom. The lowest BCUT2D eigenvalue weighted by molar-refractivity contribution is 0.385. The Kier molecular flexibility index (Phi) is 4.98. The number of aryl methyl sites for hydroxylation is 1. The minimum Gasteiger partial charge on any atom is -0.497 e. The van der Waals surface area contributed by atoms with E-state index in [9.17, 15) is 0 Å². The molecular weight excluding hydrogens is 272 g/mol. The second-order valence-corrected chi connectivity index (χ2v) is 5.54. The molecule has 0 fully saturated rings. The fraction of sp³-hybridized carbons (Fsp3) is 0.400. The predicted molar refractivity (Wildman–Crippen MR) is 81.7 cm³/mol. The Balaban J connectivity index is 2.06. The van der Waals surface area contributed by atoms with Gasteiger partial charge in [0, 0.05) is 35.3 Å². The molecule has 0 bridgehead atoms. The van der Waals surface area contributed by atoms with Crippen molar-refractivity contribution in [2.45, 2.75) is 26.4 Å². The molecule has 1 unspecified atom stereocenters. The second-order valence-electron chi connectivity index (χ2n) is 4.59. The summed E-state index contributed by atoms with van der Waals surface area (Å²) in [6.45, 7) is 4.88. The zero-order valence-corrected chi connectivity index (χ0v) is 13.1. The maximum Gasteiger partial charge on any atom is 0.127 e. The number of benzene rings is 1. The van der Waals surface area contributed by atoms with E-state index in [0.29, 0.717) is 0 Å². The van der Waals surface area contributed by atoms with E-state index in [1.165, 1.54) is 0 Å². The van der Waals surface area contributed by atoms with Crippen molar-refractivity contribution in [2.24, 2.45) is 0 Å². The number of nitrogens with zero attached hydrogens (tertiary/aromatic N) is 1. The molecule has 5 heteroatoms. The summed E-state index contributed by atoms with van der Waals surface area (Å²) in [5.41, 5.74) is 2.18. The van der Waals surface area contributed by atoms with E-state index in [1.807, 2.05) is 25.1 Å². The molecule has 0 saturated heterocycles. The first kappa shape index (κ1) is 14.8. The molecule has 0 aliphatic carbocycles. The summed E-state index contributed by atoms with van der Waals surface area (Å²) in [6.07, 6.45) is 0. The van der Waals surface area contributed by atoms with E-state index >= 15 is 0 Å². The number of nitrogens with one attached hydrogen (secondary N) is 1. The van der Waals surface area contributed by atoms with Crippen LogP contribution in [0.1, 0.15) is 29.2 Å². The van der Waals surface area contributed by atoms with Gasteiger partial charge in [-0.25, -0.2) is 4.98 Å². The van der Waals surface area contributed by atoms with Crippen LogP contribution in [0.2, 0.25) is 0 Å². The van der Waals surface area contributed by atoms with Crippen LogP contribution in [-0.4, -0.2) is 19.2 Å². The molecule has 2 rings (SSSR count). The quantitative estimate of drug-likeness (QED) is 0.887. The molecular formula is C15H20N2O2S. The standard InChI is InChI=1S/C15H20N2O2S/c1-10-9-20-15(17-10)8-16-11(2)13-6-5-12(18-3)7-14(13)19-4/h5-7,9,11,16H,8H2,1-4H3. The molecule has 0 radical (unpaired) electrons. The summed E-state index contributed by atoms with van der Waals surface area (Å²) in [6, 6.07) is 6.06. The van der Waals surface area contributed by atoms with Crippen LogP contribution in [-0.2, 0) is 6.54 Å². The SMILES string of the molecule is COc1ccc(C(C)NCc2nc(C)cs2)c(OC)c1. The number of aromatic nitrogens is 1. The van der Waals surface area contributed by atoms with Crippen molar-refractivity contribution < 1.29 is 9.47 Å². The molecule has 0 amide bonds. The van der Waals surface area contributed by atoms with E-state index in [2.05, 4.69) is 22.6 Å². The molecule has 0 spiro atoms. The number of hydrogen-bond donors (Lipinski definition) is 1. The summed E-state index contributed by atoms with van der Waals surface area (Å²) in [5.74, 6) is 1.63. The molecule has 1 aromatic heterocycles. The van der Waals surface area contributed by atoms with Crippen molar-refractivity contribution in [1.29, 1.82) is 0 Å². The van der Waals surface area contributed by atoms with Crippen LogP contribution in [0.15, 0.2) is 23.6 Å². The van der Waals surface area contributed by atoms with E-state index in [0.717, 1.165) is 34.3 Å². The number of methoxy groups -OCH3 is 2. The first-order chi connectivity index (χ1) is 9.63. The third-order valence-corrected chi connectivity index (χ3v) is 4.10. The number of rotatable bonds is 6. The minimum absolute atomic E-state index is 0.181. The van der Waals surface area contributed by atoms with Crippen molar-refractivity contribution in [3.05, 3.63) is 39.8 Å². The van der Waals surface area contributed by atoms with Gasteiger partial charge in [-0.2, -0.15) is 0 Å². The van der Waals surface area contributed by atoms with Crippen molar-refractivity contribution in [3.8, 4) is 11.5 Å². The summed E-state index contributed by atoms with van der Waals surface area (Å²) in [7, 11) is 3.33. The maximum atomic E-state index is 5.43. The molecule has 0 saturated carbocycles. The summed E-state index contributed by atoms with van der Waals surface area (Å²) >= 11 is 1.68. The highest BCUT2D eigenvalue weighted by Gasteiger charge is 2.12. The Morgan fingerprint density at radius 3 is 2.70 bits per heavy atom. The van der Waals surface area contributed by atoms with Crippen molar-refractivity contribution in [3.63, 3.8) is 0 Å². The normalized spacial score (nSPS) is 12.2. The topological polar surface area (TPSA) is 43.4 Å². The molecule has 1 N–H and O–H groups in total. The number of thiazole rings is 1.